The van der Waals surface area contributed by atoms with Crippen LogP contribution in [0.4, 0.5) is 5.69 Å². The van der Waals surface area contributed by atoms with Crippen LogP contribution >= 0.6 is 0 Å². The van der Waals surface area contributed by atoms with Gasteiger partial charge in [0.25, 0.3) is 5.91 Å². The zero-order chi connectivity index (χ0) is 25.4. The first-order valence-electron chi connectivity index (χ1n) is 12.2. The number of aromatic nitrogens is 2. The van der Waals surface area contributed by atoms with Gasteiger partial charge in [-0.2, -0.15) is 10.4 Å². The van der Waals surface area contributed by atoms with E-state index in [1.807, 2.05) is 47.4 Å². The smallest absolute Gasteiger partial charge is 0.277 e. The molecule has 2 aliphatic heterocycles. The predicted molar refractivity (Wildman–Crippen MR) is 135 cm³/mol. The van der Waals surface area contributed by atoms with Crippen LogP contribution in [0.2, 0.25) is 0 Å². The normalized spacial score (nSPS) is 15.7. The number of fused-ring (bicyclic) bond motifs is 1. The molecule has 36 heavy (non-hydrogen) atoms. The second-order valence-electron chi connectivity index (χ2n) is 9.93. The molecule has 0 radical (unpaired) electrons. The fourth-order valence-electron chi connectivity index (χ4n) is 5.21. The highest BCUT2D eigenvalue weighted by atomic mass is 16.5. The quantitative estimate of drug-likeness (QED) is 0.531. The molecule has 8 heteroatoms. The number of carbonyl (C=O) groups excluding carboxylic acids is 2. The zero-order valence-corrected chi connectivity index (χ0v) is 20.8. The van der Waals surface area contributed by atoms with E-state index < -0.39 is 0 Å². The standard InChI is InChI=1S/C28H29N5O3/c1-28(2,18-31-15-6-9-25(31)34)19-10-12-20(13-11-19)32-16-14-21-22(17-29)30-33(26(21)27(32)35)23-7-4-5-8-24(23)36-3/h4-5,7-8,10-13H,6,9,14-16,18H2,1-3H3. The molecule has 0 aliphatic carbocycles. The molecular formula is C28H29N5O3. The van der Waals surface area contributed by atoms with Gasteiger partial charge in [-0.15, -0.1) is 0 Å². The van der Waals surface area contributed by atoms with E-state index in [4.69, 9.17) is 4.74 Å². The van der Waals surface area contributed by atoms with Crippen molar-refractivity contribution in [3.8, 4) is 17.5 Å². The highest BCUT2D eigenvalue weighted by molar-refractivity contribution is 6.07. The van der Waals surface area contributed by atoms with Crippen molar-refractivity contribution in [2.75, 3.05) is 31.6 Å². The summed E-state index contributed by atoms with van der Waals surface area (Å²) in [4.78, 5) is 29.6. The minimum Gasteiger partial charge on any atom is -0.494 e. The van der Waals surface area contributed by atoms with Crippen molar-refractivity contribution in [1.82, 2.24) is 14.7 Å². The molecule has 1 fully saturated rings. The molecule has 0 saturated carbocycles. The van der Waals surface area contributed by atoms with Gasteiger partial charge in [0.2, 0.25) is 5.91 Å². The lowest BCUT2D eigenvalue weighted by Gasteiger charge is -2.32. The Labute approximate surface area is 210 Å². The van der Waals surface area contributed by atoms with Gasteiger partial charge >= 0.3 is 0 Å². The first-order chi connectivity index (χ1) is 17.3. The van der Waals surface area contributed by atoms with Gasteiger partial charge in [-0.1, -0.05) is 38.1 Å². The Hall–Kier alpha value is -4.12. The number of hydrogen-bond donors (Lipinski definition) is 0. The lowest BCUT2D eigenvalue weighted by atomic mass is 9.84. The van der Waals surface area contributed by atoms with Crippen molar-refractivity contribution in [2.45, 2.75) is 38.5 Å². The molecular weight excluding hydrogens is 454 g/mol. The Bertz CT molecular complexity index is 1370. The molecule has 0 atom stereocenters. The molecule has 2 amide bonds. The molecule has 184 valence electrons. The van der Waals surface area contributed by atoms with Crippen molar-refractivity contribution < 1.29 is 14.3 Å². The summed E-state index contributed by atoms with van der Waals surface area (Å²) in [7, 11) is 1.57. The van der Waals surface area contributed by atoms with Crippen molar-refractivity contribution in [3.63, 3.8) is 0 Å². The Morgan fingerprint density at radius 1 is 1.06 bits per heavy atom. The summed E-state index contributed by atoms with van der Waals surface area (Å²) in [6.45, 7) is 6.23. The third kappa shape index (κ3) is 4.01. The summed E-state index contributed by atoms with van der Waals surface area (Å²) in [5, 5.41) is 14.1. The molecule has 0 bridgehead atoms. The first-order valence-corrected chi connectivity index (χ1v) is 12.2. The van der Waals surface area contributed by atoms with Gasteiger partial charge in [-0.05, 0) is 42.7 Å². The molecule has 0 spiro atoms. The number of benzene rings is 2. The summed E-state index contributed by atoms with van der Waals surface area (Å²) in [5.74, 6) is 0.587. The lowest BCUT2D eigenvalue weighted by molar-refractivity contribution is -0.128. The fourth-order valence-corrected chi connectivity index (χ4v) is 5.21. The number of rotatable bonds is 6. The third-order valence-electron chi connectivity index (χ3n) is 7.15. The molecule has 2 aromatic carbocycles. The number of ether oxygens (including phenoxy) is 1. The van der Waals surface area contributed by atoms with Crippen LogP contribution in [-0.4, -0.2) is 53.2 Å². The van der Waals surface area contributed by atoms with E-state index in [1.165, 1.54) is 4.68 Å². The van der Waals surface area contributed by atoms with Crippen molar-refractivity contribution in [1.29, 1.82) is 5.26 Å². The monoisotopic (exact) mass is 483 g/mol. The van der Waals surface area contributed by atoms with Crippen LogP contribution in [0.25, 0.3) is 5.69 Å². The van der Waals surface area contributed by atoms with Crippen molar-refractivity contribution in [3.05, 3.63) is 71.0 Å². The van der Waals surface area contributed by atoms with E-state index in [1.54, 1.807) is 18.1 Å². The maximum atomic E-state index is 13.8. The van der Waals surface area contributed by atoms with Gasteiger partial charge in [0.1, 0.15) is 23.2 Å². The van der Waals surface area contributed by atoms with E-state index in [9.17, 15) is 14.9 Å². The molecule has 0 N–H and O–H groups in total. The SMILES string of the molecule is COc1ccccc1-n1nc(C#N)c2c1C(=O)N(c1ccc(C(C)(C)CN3CCCC3=O)cc1)CC2. The summed E-state index contributed by atoms with van der Waals surface area (Å²) in [5.41, 5.74) is 3.62. The van der Waals surface area contributed by atoms with Crippen LogP contribution in [0.1, 0.15) is 54.0 Å². The molecule has 8 nitrogen and oxygen atoms in total. The molecule has 2 aliphatic rings. The summed E-state index contributed by atoms with van der Waals surface area (Å²) in [6.07, 6.45) is 2.09. The Balaban J connectivity index is 1.45. The molecule has 0 unspecified atom stereocenters. The van der Waals surface area contributed by atoms with Crippen LogP contribution in [0, 0.1) is 11.3 Å². The average Bonchev–Trinajstić information content (AvgIpc) is 3.47. The van der Waals surface area contributed by atoms with Crippen LogP contribution in [-0.2, 0) is 16.6 Å². The number of hydrogen-bond acceptors (Lipinski definition) is 5. The van der Waals surface area contributed by atoms with Crippen LogP contribution < -0.4 is 9.64 Å². The van der Waals surface area contributed by atoms with E-state index >= 15 is 0 Å². The summed E-state index contributed by atoms with van der Waals surface area (Å²) in [6, 6.07) is 17.5. The van der Waals surface area contributed by atoms with Gasteiger partial charge in [0.05, 0.1) is 7.11 Å². The predicted octanol–water partition coefficient (Wildman–Crippen LogP) is 3.86. The summed E-state index contributed by atoms with van der Waals surface area (Å²) < 4.78 is 7.02. The van der Waals surface area contributed by atoms with Crippen molar-refractivity contribution >= 4 is 17.5 Å². The molecule has 1 saturated heterocycles. The highest BCUT2D eigenvalue weighted by Crippen LogP contribution is 2.33. The maximum Gasteiger partial charge on any atom is 0.277 e. The van der Waals surface area contributed by atoms with E-state index in [-0.39, 0.29) is 22.9 Å². The van der Waals surface area contributed by atoms with Crippen LogP contribution in [0.5, 0.6) is 5.75 Å². The van der Waals surface area contributed by atoms with Gasteiger partial charge in [-0.25, -0.2) is 4.68 Å². The Morgan fingerprint density at radius 3 is 2.47 bits per heavy atom. The zero-order valence-electron chi connectivity index (χ0n) is 20.8. The van der Waals surface area contributed by atoms with Gasteiger partial charge in [-0.3, -0.25) is 9.59 Å². The fraction of sp³-hybridized carbons (Fsp3) is 0.357. The van der Waals surface area contributed by atoms with E-state index in [0.717, 1.165) is 24.2 Å². The van der Waals surface area contributed by atoms with Gasteiger partial charge in [0, 0.05) is 42.7 Å². The lowest BCUT2D eigenvalue weighted by Crippen LogP contribution is -2.39. The number of carbonyl (C=O) groups is 2. The number of nitrogens with zero attached hydrogens (tertiary/aromatic N) is 5. The maximum absolute atomic E-state index is 13.8. The number of para-hydroxylation sites is 2. The van der Waals surface area contributed by atoms with Gasteiger partial charge < -0.3 is 14.5 Å². The molecule has 5 rings (SSSR count). The van der Waals surface area contributed by atoms with Crippen LogP contribution in [0.3, 0.4) is 0 Å². The van der Waals surface area contributed by atoms with Crippen molar-refractivity contribution in [2.24, 2.45) is 0 Å². The third-order valence-corrected chi connectivity index (χ3v) is 7.15. The molecule has 1 aromatic heterocycles. The largest absolute Gasteiger partial charge is 0.494 e. The second kappa shape index (κ2) is 9.15. The minimum atomic E-state index is -0.207. The van der Waals surface area contributed by atoms with Crippen LogP contribution in [0.15, 0.2) is 48.5 Å². The number of methoxy groups -OCH3 is 1. The number of amides is 2. The minimum absolute atomic E-state index is 0.203. The second-order valence-corrected chi connectivity index (χ2v) is 9.93. The number of likely N-dealkylation sites (tertiary alicyclic amines) is 1. The Kier molecular flexibility index (Phi) is 6.00. The average molecular weight is 484 g/mol. The van der Waals surface area contributed by atoms with E-state index in [0.29, 0.717) is 48.6 Å². The first kappa shape index (κ1) is 23.6. The van der Waals surface area contributed by atoms with E-state index in [2.05, 4.69) is 25.0 Å². The molecule has 3 aromatic rings. The Morgan fingerprint density at radius 2 is 1.81 bits per heavy atom. The number of anilines is 1. The molecule has 3 heterocycles. The number of nitriles is 1. The highest BCUT2D eigenvalue weighted by Gasteiger charge is 2.34. The summed E-state index contributed by atoms with van der Waals surface area (Å²) >= 11 is 0. The van der Waals surface area contributed by atoms with Gasteiger partial charge in [0.15, 0.2) is 5.69 Å². The topological polar surface area (TPSA) is 91.5 Å².